The second-order valence-corrected chi connectivity index (χ2v) is 16.3. The lowest BCUT2D eigenvalue weighted by Crippen LogP contribution is -2.65. The number of carboxylic acid groups (broad SMARTS) is 1. The van der Waals surface area contributed by atoms with Crippen molar-refractivity contribution in [3.05, 3.63) is 11.6 Å². The molecule has 0 aliphatic heterocycles. The van der Waals surface area contributed by atoms with E-state index in [4.69, 9.17) is 4.74 Å². The monoisotopic (exact) mass is 562 g/mol. The predicted molar refractivity (Wildman–Crippen MR) is 150 cm³/mol. The maximum absolute atomic E-state index is 11.5. The summed E-state index contributed by atoms with van der Waals surface area (Å²) in [6.45, 7) is 20.3. The van der Waals surface area contributed by atoms with Gasteiger partial charge < -0.3 is 9.84 Å². The van der Waals surface area contributed by atoms with Crippen LogP contribution >= 0.6 is 15.9 Å². The summed E-state index contributed by atoms with van der Waals surface area (Å²) in [5.74, 6) is 2.65. The Morgan fingerprint density at radius 2 is 1.67 bits per heavy atom. The van der Waals surface area contributed by atoms with Gasteiger partial charge in [0.2, 0.25) is 5.01 Å². The molecule has 5 aliphatic rings. The van der Waals surface area contributed by atoms with E-state index in [0.717, 1.165) is 30.6 Å². The van der Waals surface area contributed by atoms with Crippen molar-refractivity contribution in [3.8, 4) is 0 Å². The van der Waals surface area contributed by atoms with Gasteiger partial charge in [-0.2, -0.15) is 0 Å². The standard InChI is InChI=1S/C32H51BrO3/c1-19-11-14-29(5)17-18-31(7)21(25(29)20(19)2)9-10-23-30(6)15-13-24(36-26(33)27(34)35)28(3,4)22(30)12-16-32(23,31)8/h9,19-20,22-26H,10-18H2,1-8H3,(H,34,35)/t19-,20+,22+,23-,24+,25+,26?,29-,30+,31-,32-/m1/s1. The first-order valence-electron chi connectivity index (χ1n) is 14.8. The van der Waals surface area contributed by atoms with Gasteiger partial charge in [-0.05, 0) is 130 Å². The van der Waals surface area contributed by atoms with E-state index in [-0.39, 0.29) is 16.9 Å². The van der Waals surface area contributed by atoms with Gasteiger partial charge in [0, 0.05) is 0 Å². The molecule has 0 spiro atoms. The highest BCUT2D eigenvalue weighted by atomic mass is 79.9. The molecule has 4 saturated carbocycles. The first-order valence-corrected chi connectivity index (χ1v) is 15.8. The van der Waals surface area contributed by atoms with Crippen molar-refractivity contribution < 1.29 is 14.6 Å². The second kappa shape index (κ2) is 8.57. The van der Waals surface area contributed by atoms with Gasteiger partial charge in [-0.25, -0.2) is 4.79 Å². The van der Waals surface area contributed by atoms with Crippen molar-refractivity contribution in [3.63, 3.8) is 0 Å². The lowest BCUT2D eigenvalue weighted by Gasteiger charge is -2.71. The van der Waals surface area contributed by atoms with Gasteiger partial charge in [0.05, 0.1) is 6.10 Å². The molecule has 0 radical (unpaired) electrons. The lowest BCUT2D eigenvalue weighted by molar-refractivity contribution is -0.214. The number of hydrogen-bond donors (Lipinski definition) is 1. The van der Waals surface area contributed by atoms with E-state index in [9.17, 15) is 9.90 Å². The smallest absolute Gasteiger partial charge is 0.344 e. The molecule has 204 valence electrons. The molecule has 0 aromatic rings. The van der Waals surface area contributed by atoms with Crippen LogP contribution in [0.4, 0.5) is 0 Å². The van der Waals surface area contributed by atoms with Crippen molar-refractivity contribution >= 4 is 21.9 Å². The molecule has 0 heterocycles. The van der Waals surface area contributed by atoms with Crippen LogP contribution in [0.1, 0.15) is 113 Å². The number of allylic oxidation sites excluding steroid dienone is 2. The Hall–Kier alpha value is -0.350. The number of halogens is 1. The molecule has 5 rings (SSSR count). The SMILES string of the molecule is C[C@H]1[C@H](C)CC[C@]2(C)CC[C@]3(C)C(=CC[C@@H]4[C@@]5(C)CC[C@H](OC(Br)C(=O)O)C(C)(C)[C@@H]5CC[C@]43C)[C@H]12. The first kappa shape index (κ1) is 27.2. The lowest BCUT2D eigenvalue weighted by atomic mass is 9.33. The Kier molecular flexibility index (Phi) is 6.48. The van der Waals surface area contributed by atoms with Gasteiger partial charge in [-0.3, -0.25) is 0 Å². The fraction of sp³-hybridized carbons (Fsp3) is 0.906. The maximum Gasteiger partial charge on any atom is 0.344 e. The Labute approximate surface area is 228 Å². The molecule has 0 amide bonds. The van der Waals surface area contributed by atoms with Crippen molar-refractivity contribution in [2.45, 2.75) is 124 Å². The summed E-state index contributed by atoms with van der Waals surface area (Å²) in [6.07, 6.45) is 14.1. The van der Waals surface area contributed by atoms with Gasteiger partial charge in [0.15, 0.2) is 0 Å². The minimum absolute atomic E-state index is 0.0225. The number of carboxylic acids is 1. The Bertz CT molecular complexity index is 942. The van der Waals surface area contributed by atoms with Crippen LogP contribution in [-0.2, 0) is 9.53 Å². The van der Waals surface area contributed by atoms with Gasteiger partial charge in [-0.1, -0.05) is 67.0 Å². The molecule has 0 aromatic carbocycles. The van der Waals surface area contributed by atoms with E-state index in [0.29, 0.717) is 28.1 Å². The van der Waals surface area contributed by atoms with Gasteiger partial charge in [0.1, 0.15) is 0 Å². The van der Waals surface area contributed by atoms with Crippen LogP contribution in [0.5, 0.6) is 0 Å². The third-order valence-corrected chi connectivity index (χ3v) is 14.4. The third kappa shape index (κ3) is 3.54. The summed E-state index contributed by atoms with van der Waals surface area (Å²) >= 11 is 3.25. The van der Waals surface area contributed by atoms with Crippen LogP contribution in [-0.4, -0.2) is 22.2 Å². The Balaban J connectivity index is 1.50. The topological polar surface area (TPSA) is 46.5 Å². The largest absolute Gasteiger partial charge is 0.479 e. The van der Waals surface area contributed by atoms with Crippen molar-refractivity contribution in [1.82, 2.24) is 0 Å². The molecule has 3 nitrogen and oxygen atoms in total. The van der Waals surface area contributed by atoms with Gasteiger partial charge in [-0.15, -0.1) is 0 Å². The maximum atomic E-state index is 11.5. The van der Waals surface area contributed by atoms with Crippen molar-refractivity contribution in [2.24, 2.45) is 56.7 Å². The zero-order valence-electron chi connectivity index (χ0n) is 24.1. The van der Waals surface area contributed by atoms with E-state index >= 15 is 0 Å². The first-order chi connectivity index (χ1) is 16.6. The molecule has 4 heteroatoms. The highest BCUT2D eigenvalue weighted by Gasteiger charge is 2.68. The van der Waals surface area contributed by atoms with Crippen LogP contribution in [0.25, 0.3) is 0 Å². The minimum Gasteiger partial charge on any atom is -0.479 e. The Morgan fingerprint density at radius 1 is 0.972 bits per heavy atom. The highest BCUT2D eigenvalue weighted by Crippen LogP contribution is 2.75. The predicted octanol–water partition coefficient (Wildman–Crippen LogP) is 8.85. The fourth-order valence-electron chi connectivity index (χ4n) is 11.3. The van der Waals surface area contributed by atoms with Crippen molar-refractivity contribution in [2.75, 3.05) is 0 Å². The molecule has 1 N–H and O–H groups in total. The van der Waals surface area contributed by atoms with Crippen LogP contribution < -0.4 is 0 Å². The summed E-state index contributed by atoms with van der Waals surface area (Å²) in [7, 11) is 0. The van der Waals surface area contributed by atoms with Crippen LogP contribution in [0.15, 0.2) is 11.6 Å². The van der Waals surface area contributed by atoms with Crippen LogP contribution in [0, 0.1) is 56.7 Å². The summed E-state index contributed by atoms with van der Waals surface area (Å²) < 4.78 is 6.13. The van der Waals surface area contributed by atoms with E-state index in [1.165, 1.54) is 44.9 Å². The number of rotatable bonds is 3. The molecule has 0 bridgehead atoms. The molecule has 0 saturated heterocycles. The third-order valence-electron chi connectivity index (χ3n) is 13.8. The van der Waals surface area contributed by atoms with Crippen LogP contribution in [0.3, 0.4) is 0 Å². The zero-order valence-corrected chi connectivity index (χ0v) is 25.7. The van der Waals surface area contributed by atoms with E-state index < -0.39 is 11.0 Å². The molecule has 0 aromatic heterocycles. The number of hydrogen-bond acceptors (Lipinski definition) is 2. The van der Waals surface area contributed by atoms with E-state index in [2.05, 4.69) is 77.4 Å². The summed E-state index contributed by atoms with van der Waals surface area (Å²) in [4.78, 5) is 11.5. The molecular formula is C32H51BrO3. The number of aliphatic carboxylic acids is 1. The number of alkyl halides is 1. The summed E-state index contributed by atoms with van der Waals surface area (Å²) in [5.41, 5.74) is 3.16. The highest BCUT2D eigenvalue weighted by molar-refractivity contribution is 9.09. The second-order valence-electron chi connectivity index (χ2n) is 15.4. The molecular weight excluding hydrogens is 512 g/mol. The molecule has 36 heavy (non-hydrogen) atoms. The van der Waals surface area contributed by atoms with Crippen molar-refractivity contribution in [1.29, 1.82) is 0 Å². The average molecular weight is 564 g/mol. The van der Waals surface area contributed by atoms with E-state index in [1.54, 1.807) is 0 Å². The molecule has 5 aliphatic carbocycles. The number of ether oxygens (including phenoxy) is 1. The molecule has 11 atom stereocenters. The quantitative estimate of drug-likeness (QED) is 0.276. The number of carbonyl (C=O) groups is 1. The molecule has 1 unspecified atom stereocenters. The summed E-state index contributed by atoms with van der Waals surface area (Å²) in [5, 5.41) is 8.53. The Morgan fingerprint density at radius 3 is 2.33 bits per heavy atom. The molecule has 4 fully saturated rings. The van der Waals surface area contributed by atoms with Gasteiger partial charge in [0.25, 0.3) is 0 Å². The minimum atomic E-state index is -0.927. The van der Waals surface area contributed by atoms with E-state index in [1.807, 2.05) is 5.57 Å². The normalized spacial score (nSPS) is 52.6. The fourth-order valence-corrected chi connectivity index (χ4v) is 11.5. The number of fused-ring (bicyclic) bond motifs is 7. The zero-order chi connectivity index (χ0) is 26.5. The average Bonchev–Trinajstić information content (AvgIpc) is 2.79. The van der Waals surface area contributed by atoms with Gasteiger partial charge >= 0.3 is 5.97 Å². The summed E-state index contributed by atoms with van der Waals surface area (Å²) in [6, 6.07) is 0. The van der Waals surface area contributed by atoms with Crippen LogP contribution in [0.2, 0.25) is 0 Å².